The molecule has 1 fully saturated rings. The van der Waals surface area contributed by atoms with Crippen molar-refractivity contribution in [3.05, 3.63) is 59.7 Å². The van der Waals surface area contributed by atoms with Gasteiger partial charge in [-0.3, -0.25) is 0 Å². The summed E-state index contributed by atoms with van der Waals surface area (Å²) in [7, 11) is 1.70. The number of fused-ring (bicyclic) bond motifs is 3. The predicted octanol–water partition coefficient (Wildman–Crippen LogP) is 3.39. The summed E-state index contributed by atoms with van der Waals surface area (Å²) >= 11 is 0. The topological polar surface area (TPSA) is 49.8 Å². The number of benzene rings is 2. The Hall–Kier alpha value is -2.33. The van der Waals surface area contributed by atoms with E-state index in [0.717, 1.165) is 12.8 Å². The van der Waals surface area contributed by atoms with Gasteiger partial charge in [-0.1, -0.05) is 48.5 Å². The number of amides is 1. The number of carbonyl (C=O) groups is 1. The third-order valence-corrected chi connectivity index (χ3v) is 5.32. The van der Waals surface area contributed by atoms with E-state index >= 15 is 0 Å². The summed E-state index contributed by atoms with van der Waals surface area (Å²) in [5.41, 5.74) is 4.85. The zero-order valence-corrected chi connectivity index (χ0v) is 13.7. The Morgan fingerprint density at radius 2 is 1.67 bits per heavy atom. The van der Waals surface area contributed by atoms with E-state index in [-0.39, 0.29) is 18.1 Å². The summed E-state index contributed by atoms with van der Waals surface area (Å²) in [5, 5.41) is 9.72. The largest absolute Gasteiger partial charge is 0.448 e. The molecule has 1 N–H and O–H groups in total. The highest BCUT2D eigenvalue weighted by Crippen LogP contribution is 2.44. The Kier molecular flexibility index (Phi) is 3.77. The molecule has 1 saturated carbocycles. The van der Waals surface area contributed by atoms with E-state index in [1.807, 2.05) is 24.3 Å². The van der Waals surface area contributed by atoms with E-state index < -0.39 is 6.10 Å². The fourth-order valence-corrected chi connectivity index (χ4v) is 3.75. The minimum Gasteiger partial charge on any atom is -0.448 e. The molecular weight excluding hydrogens is 302 g/mol. The van der Waals surface area contributed by atoms with Crippen molar-refractivity contribution in [1.82, 2.24) is 4.90 Å². The minimum atomic E-state index is -0.421. The standard InChI is InChI=1S/C20H21NO3/c1-21(18-10-11-19(18)22)20(23)24-12-17-15-8-4-2-6-13(15)14-7-3-5-9-16(14)17/h2-9,17-19,22H,10-12H2,1H3/t18-,19-/m1/s1. The van der Waals surface area contributed by atoms with Crippen LogP contribution in [0, 0.1) is 0 Å². The smallest absolute Gasteiger partial charge is 0.409 e. The normalized spacial score (nSPS) is 21.6. The highest BCUT2D eigenvalue weighted by Gasteiger charge is 2.36. The zero-order valence-electron chi connectivity index (χ0n) is 13.7. The third-order valence-electron chi connectivity index (χ3n) is 5.32. The molecule has 0 saturated heterocycles. The van der Waals surface area contributed by atoms with Gasteiger partial charge in [0.25, 0.3) is 0 Å². The van der Waals surface area contributed by atoms with Gasteiger partial charge in [-0.2, -0.15) is 0 Å². The number of likely N-dealkylation sites (N-methyl/N-ethyl adjacent to an activating group) is 1. The quantitative estimate of drug-likeness (QED) is 0.942. The lowest BCUT2D eigenvalue weighted by Crippen LogP contribution is -2.51. The Morgan fingerprint density at radius 1 is 1.08 bits per heavy atom. The van der Waals surface area contributed by atoms with Crippen LogP contribution in [0.5, 0.6) is 0 Å². The summed E-state index contributed by atoms with van der Waals surface area (Å²) < 4.78 is 5.58. The molecule has 4 rings (SSSR count). The van der Waals surface area contributed by atoms with Crippen molar-refractivity contribution in [1.29, 1.82) is 0 Å². The van der Waals surface area contributed by atoms with Crippen LogP contribution in [0.1, 0.15) is 29.9 Å². The van der Waals surface area contributed by atoms with Gasteiger partial charge in [-0.15, -0.1) is 0 Å². The summed E-state index contributed by atoms with van der Waals surface area (Å²) in [4.78, 5) is 13.8. The lowest BCUT2D eigenvalue weighted by atomic mass is 9.88. The van der Waals surface area contributed by atoms with E-state index in [4.69, 9.17) is 4.74 Å². The molecule has 2 aromatic carbocycles. The molecule has 24 heavy (non-hydrogen) atoms. The molecule has 2 atom stereocenters. The Balaban J connectivity index is 1.51. The van der Waals surface area contributed by atoms with Crippen molar-refractivity contribution in [3.63, 3.8) is 0 Å². The van der Waals surface area contributed by atoms with E-state index in [1.54, 1.807) is 7.05 Å². The maximum Gasteiger partial charge on any atom is 0.409 e. The van der Waals surface area contributed by atoms with Gasteiger partial charge in [-0.25, -0.2) is 4.79 Å². The first-order valence-corrected chi connectivity index (χ1v) is 8.42. The van der Waals surface area contributed by atoms with Crippen LogP contribution in [0.2, 0.25) is 0 Å². The van der Waals surface area contributed by atoms with E-state index in [1.165, 1.54) is 27.2 Å². The van der Waals surface area contributed by atoms with Crippen LogP contribution in [0.15, 0.2) is 48.5 Å². The van der Waals surface area contributed by atoms with E-state index in [0.29, 0.717) is 6.61 Å². The highest BCUT2D eigenvalue weighted by atomic mass is 16.6. The third kappa shape index (κ3) is 2.38. The number of ether oxygens (including phenoxy) is 1. The van der Waals surface area contributed by atoms with Crippen LogP contribution in [-0.2, 0) is 4.74 Å². The number of aliphatic hydroxyl groups is 1. The van der Waals surface area contributed by atoms with Crippen molar-refractivity contribution in [3.8, 4) is 11.1 Å². The number of rotatable bonds is 3. The second-order valence-corrected chi connectivity index (χ2v) is 6.63. The first-order chi connectivity index (χ1) is 11.7. The average molecular weight is 323 g/mol. The highest BCUT2D eigenvalue weighted by molar-refractivity contribution is 5.79. The van der Waals surface area contributed by atoms with E-state index in [9.17, 15) is 9.90 Å². The number of hydrogen-bond acceptors (Lipinski definition) is 3. The number of carbonyl (C=O) groups excluding carboxylic acids is 1. The van der Waals surface area contributed by atoms with Crippen molar-refractivity contribution >= 4 is 6.09 Å². The number of nitrogens with zero attached hydrogens (tertiary/aromatic N) is 1. The van der Waals surface area contributed by atoms with Gasteiger partial charge in [-0.05, 0) is 35.1 Å². The van der Waals surface area contributed by atoms with Crippen LogP contribution >= 0.6 is 0 Å². The van der Waals surface area contributed by atoms with Gasteiger partial charge in [0.2, 0.25) is 0 Å². The molecule has 0 bridgehead atoms. The second kappa shape index (κ2) is 5.95. The molecule has 0 unspecified atom stereocenters. The fraction of sp³-hybridized carbons (Fsp3) is 0.350. The van der Waals surface area contributed by atoms with Crippen LogP contribution in [0.4, 0.5) is 4.79 Å². The molecule has 2 aliphatic rings. The molecule has 124 valence electrons. The number of aliphatic hydroxyl groups excluding tert-OH is 1. The predicted molar refractivity (Wildman–Crippen MR) is 91.9 cm³/mol. The molecule has 1 amide bonds. The summed E-state index contributed by atoms with van der Waals surface area (Å²) in [6, 6.07) is 16.5. The van der Waals surface area contributed by atoms with Gasteiger partial charge in [0.15, 0.2) is 0 Å². The Labute approximate surface area is 141 Å². The fourth-order valence-electron chi connectivity index (χ4n) is 3.75. The van der Waals surface area contributed by atoms with Crippen LogP contribution in [-0.4, -0.2) is 41.9 Å². The number of hydrogen-bond donors (Lipinski definition) is 1. The first-order valence-electron chi connectivity index (χ1n) is 8.42. The summed E-state index contributed by atoms with van der Waals surface area (Å²) in [6.45, 7) is 0.319. The van der Waals surface area contributed by atoms with Crippen LogP contribution < -0.4 is 0 Å². The maximum absolute atomic E-state index is 12.3. The molecule has 0 spiro atoms. The minimum absolute atomic E-state index is 0.0704. The van der Waals surface area contributed by atoms with Gasteiger partial charge < -0.3 is 14.7 Å². The molecule has 0 aliphatic heterocycles. The monoisotopic (exact) mass is 323 g/mol. The SMILES string of the molecule is CN(C(=O)OCC1c2ccccc2-c2ccccc21)[C@@H]1CC[C@H]1O. The summed E-state index contributed by atoms with van der Waals surface area (Å²) in [5.74, 6) is 0.0704. The molecule has 2 aromatic rings. The second-order valence-electron chi connectivity index (χ2n) is 6.63. The van der Waals surface area contributed by atoms with Crippen LogP contribution in [0.3, 0.4) is 0 Å². The van der Waals surface area contributed by atoms with Crippen molar-refractivity contribution in [2.45, 2.75) is 30.9 Å². The van der Waals surface area contributed by atoms with Crippen LogP contribution in [0.25, 0.3) is 11.1 Å². The van der Waals surface area contributed by atoms with Crippen molar-refractivity contribution in [2.75, 3.05) is 13.7 Å². The zero-order chi connectivity index (χ0) is 16.7. The molecule has 2 aliphatic carbocycles. The Bertz CT molecular complexity index is 727. The molecule has 4 nitrogen and oxygen atoms in total. The van der Waals surface area contributed by atoms with Gasteiger partial charge in [0.05, 0.1) is 12.1 Å². The lowest BCUT2D eigenvalue weighted by molar-refractivity contribution is -0.0112. The Morgan fingerprint density at radius 3 is 2.17 bits per heavy atom. The van der Waals surface area contributed by atoms with Gasteiger partial charge in [0.1, 0.15) is 6.61 Å². The van der Waals surface area contributed by atoms with Crippen molar-refractivity contribution in [2.24, 2.45) is 0 Å². The van der Waals surface area contributed by atoms with E-state index in [2.05, 4.69) is 24.3 Å². The van der Waals surface area contributed by atoms with Gasteiger partial charge in [0, 0.05) is 13.0 Å². The summed E-state index contributed by atoms with van der Waals surface area (Å²) in [6.07, 6.45) is 0.809. The lowest BCUT2D eigenvalue weighted by Gasteiger charge is -2.38. The van der Waals surface area contributed by atoms with Crippen molar-refractivity contribution < 1.29 is 14.6 Å². The average Bonchev–Trinajstić information content (AvgIpc) is 2.92. The molecule has 4 heteroatoms. The molecule has 0 radical (unpaired) electrons. The molecule has 0 aromatic heterocycles. The van der Waals surface area contributed by atoms with Gasteiger partial charge >= 0.3 is 6.09 Å². The molecular formula is C20H21NO3. The first kappa shape index (κ1) is 15.2. The maximum atomic E-state index is 12.3. The molecule has 0 heterocycles.